The van der Waals surface area contributed by atoms with Crippen LogP contribution >= 0.6 is 0 Å². The second-order valence-electron chi connectivity index (χ2n) is 7.99. The zero-order valence-electron chi connectivity index (χ0n) is 15.7. The van der Waals surface area contributed by atoms with Crippen LogP contribution in [0.4, 0.5) is 0 Å². The van der Waals surface area contributed by atoms with E-state index in [0.717, 1.165) is 43.9 Å². The minimum atomic E-state index is -3.57. The summed E-state index contributed by atoms with van der Waals surface area (Å²) in [6, 6.07) is 10.8. The topological polar surface area (TPSA) is 75.0 Å². The molecule has 0 radical (unpaired) electrons. The summed E-state index contributed by atoms with van der Waals surface area (Å²) in [6.45, 7) is 4.33. The van der Waals surface area contributed by atoms with Gasteiger partial charge in [-0.1, -0.05) is 12.1 Å². The van der Waals surface area contributed by atoms with Gasteiger partial charge in [-0.2, -0.15) is 8.42 Å². The van der Waals surface area contributed by atoms with E-state index in [2.05, 4.69) is 14.2 Å². The maximum Gasteiger partial charge on any atom is 0.285 e. The van der Waals surface area contributed by atoms with Crippen molar-refractivity contribution in [3.8, 4) is 0 Å². The number of pyridine rings is 1. The molecule has 0 saturated carbocycles. The molecule has 0 bridgehead atoms. The number of likely N-dealkylation sites (tertiary alicyclic amines) is 2. The van der Waals surface area contributed by atoms with E-state index < -0.39 is 10.0 Å². The fraction of sp³-hybridized carbons (Fsp3) is 0.400. The Hall–Kier alpha value is -2.45. The fourth-order valence-corrected chi connectivity index (χ4v) is 5.88. The van der Waals surface area contributed by atoms with Gasteiger partial charge < -0.3 is 9.47 Å². The summed E-state index contributed by atoms with van der Waals surface area (Å²) in [6.07, 6.45) is 1.81. The molecule has 0 amide bonds. The molecule has 28 heavy (non-hydrogen) atoms. The number of sulfonamides is 1. The maximum absolute atomic E-state index is 12.3. The first-order chi connectivity index (χ1) is 13.4. The second-order valence-corrected chi connectivity index (χ2v) is 9.56. The molecule has 0 spiro atoms. The Labute approximate surface area is 164 Å². The van der Waals surface area contributed by atoms with Crippen molar-refractivity contribution in [1.29, 1.82) is 0 Å². The van der Waals surface area contributed by atoms with Crippen molar-refractivity contribution in [2.75, 3.05) is 26.2 Å². The van der Waals surface area contributed by atoms with Gasteiger partial charge in [0.25, 0.3) is 15.6 Å². The first-order valence-electron chi connectivity index (χ1n) is 9.48. The average Bonchev–Trinajstić information content (AvgIpc) is 3.28. The Morgan fingerprint density at radius 2 is 1.79 bits per heavy atom. The smallest absolute Gasteiger partial charge is 0.285 e. The van der Waals surface area contributed by atoms with Gasteiger partial charge in [-0.25, -0.2) is 0 Å². The van der Waals surface area contributed by atoms with Gasteiger partial charge in [-0.15, -0.1) is 4.40 Å². The van der Waals surface area contributed by atoms with Gasteiger partial charge in [0.05, 0.1) is 0 Å². The van der Waals surface area contributed by atoms with E-state index in [-0.39, 0.29) is 5.56 Å². The van der Waals surface area contributed by atoms with Crippen LogP contribution in [0.1, 0.15) is 11.1 Å². The van der Waals surface area contributed by atoms with Crippen LogP contribution in [0.15, 0.2) is 56.7 Å². The molecule has 146 valence electrons. The molecule has 7 nitrogen and oxygen atoms in total. The van der Waals surface area contributed by atoms with E-state index in [1.54, 1.807) is 29.8 Å². The van der Waals surface area contributed by atoms with Crippen LogP contribution in [0.25, 0.3) is 0 Å². The number of rotatable bonds is 2. The normalized spacial score (nSPS) is 25.6. The highest BCUT2D eigenvalue weighted by Crippen LogP contribution is 2.35. The third-order valence-electron chi connectivity index (χ3n) is 6.05. The molecular formula is C20H22N4O3S. The van der Waals surface area contributed by atoms with Crippen LogP contribution in [-0.4, -0.2) is 54.8 Å². The molecule has 4 heterocycles. The van der Waals surface area contributed by atoms with Crippen molar-refractivity contribution in [2.24, 2.45) is 23.3 Å². The van der Waals surface area contributed by atoms with Gasteiger partial charge in [-0.05, 0) is 35.6 Å². The summed E-state index contributed by atoms with van der Waals surface area (Å²) in [5.41, 5.74) is 1.78. The first kappa shape index (κ1) is 17.6. The number of benzene rings is 1. The third kappa shape index (κ3) is 2.87. The highest BCUT2D eigenvalue weighted by molar-refractivity contribution is 7.90. The zero-order chi connectivity index (χ0) is 19.5. The number of hydrogen-bond acceptors (Lipinski definition) is 5. The molecular weight excluding hydrogens is 376 g/mol. The summed E-state index contributed by atoms with van der Waals surface area (Å²) < 4.78 is 30.3. The van der Waals surface area contributed by atoms with Crippen LogP contribution in [0, 0.1) is 11.8 Å². The van der Waals surface area contributed by atoms with Crippen molar-refractivity contribution in [2.45, 2.75) is 11.4 Å². The highest BCUT2D eigenvalue weighted by Gasteiger charge is 2.43. The number of amidine groups is 1. The lowest BCUT2D eigenvalue weighted by Crippen LogP contribution is -2.33. The van der Waals surface area contributed by atoms with Crippen LogP contribution in [0.3, 0.4) is 0 Å². The summed E-state index contributed by atoms with van der Waals surface area (Å²) in [5.74, 6) is 1.58. The molecule has 3 aliphatic rings. The van der Waals surface area contributed by atoms with Crippen molar-refractivity contribution < 1.29 is 8.42 Å². The summed E-state index contributed by atoms with van der Waals surface area (Å²) >= 11 is 0. The number of aromatic nitrogens is 1. The largest absolute Gasteiger partial charge is 0.355 e. The van der Waals surface area contributed by atoms with Crippen LogP contribution < -0.4 is 5.56 Å². The Morgan fingerprint density at radius 3 is 2.50 bits per heavy atom. The van der Waals surface area contributed by atoms with Crippen molar-refractivity contribution in [3.05, 3.63) is 64.1 Å². The van der Waals surface area contributed by atoms with E-state index >= 15 is 0 Å². The van der Waals surface area contributed by atoms with E-state index in [9.17, 15) is 13.2 Å². The van der Waals surface area contributed by atoms with E-state index in [0.29, 0.717) is 22.6 Å². The molecule has 2 atom stereocenters. The molecule has 2 saturated heterocycles. The molecule has 8 heteroatoms. The molecule has 0 aliphatic carbocycles. The van der Waals surface area contributed by atoms with E-state index in [1.807, 2.05) is 24.4 Å². The van der Waals surface area contributed by atoms with E-state index in [4.69, 9.17) is 0 Å². The standard InChI is InChI=1S/C20H22N4O3S/c1-22-7-6-14(8-19(22)25)9-23-10-15-12-24(13-16(15)11-23)20-17-4-2-3-5-18(17)28(26,27)21-20/h2-8,15-16H,9-13H2,1H3. The first-order valence-corrected chi connectivity index (χ1v) is 10.9. The van der Waals surface area contributed by atoms with Crippen LogP contribution in [0.2, 0.25) is 0 Å². The van der Waals surface area contributed by atoms with Gasteiger partial charge in [-0.3, -0.25) is 9.69 Å². The molecule has 5 rings (SSSR count). The summed E-state index contributed by atoms with van der Waals surface area (Å²) in [7, 11) is -1.82. The summed E-state index contributed by atoms with van der Waals surface area (Å²) in [5, 5.41) is 0. The minimum absolute atomic E-state index is 0.0159. The lowest BCUT2D eigenvalue weighted by molar-refractivity contribution is 0.288. The Kier molecular flexibility index (Phi) is 3.96. The molecule has 0 N–H and O–H groups in total. The Balaban J connectivity index is 1.29. The monoisotopic (exact) mass is 398 g/mol. The Bertz CT molecular complexity index is 1120. The predicted octanol–water partition coefficient (Wildman–Crippen LogP) is 0.898. The number of nitrogens with zero attached hydrogens (tertiary/aromatic N) is 4. The van der Waals surface area contributed by atoms with Crippen LogP contribution in [0.5, 0.6) is 0 Å². The number of hydrogen-bond donors (Lipinski definition) is 0. The van der Waals surface area contributed by atoms with Crippen molar-refractivity contribution in [1.82, 2.24) is 14.4 Å². The molecule has 1 aromatic heterocycles. The number of aryl methyl sites for hydroxylation is 1. The average molecular weight is 398 g/mol. The van der Waals surface area contributed by atoms with Gasteiger partial charge in [0.2, 0.25) is 0 Å². The van der Waals surface area contributed by atoms with Gasteiger partial charge in [0.1, 0.15) is 4.90 Å². The lowest BCUT2D eigenvalue weighted by Gasteiger charge is -2.23. The van der Waals surface area contributed by atoms with E-state index in [1.165, 1.54) is 0 Å². The highest BCUT2D eigenvalue weighted by atomic mass is 32.2. The minimum Gasteiger partial charge on any atom is -0.355 e. The quantitative estimate of drug-likeness (QED) is 0.751. The van der Waals surface area contributed by atoms with Gasteiger partial charge in [0, 0.05) is 57.6 Å². The SMILES string of the molecule is Cn1ccc(CN2CC3CN(C4=NS(=O)(=O)c5ccccc54)CC3C2)cc1=O. The number of fused-ring (bicyclic) bond motifs is 2. The molecule has 1 aromatic carbocycles. The van der Waals surface area contributed by atoms with Gasteiger partial charge in [0.15, 0.2) is 5.84 Å². The second kappa shape index (κ2) is 6.28. The molecule has 2 fully saturated rings. The van der Waals surface area contributed by atoms with Gasteiger partial charge >= 0.3 is 0 Å². The molecule has 2 unspecified atom stereocenters. The van der Waals surface area contributed by atoms with Crippen molar-refractivity contribution in [3.63, 3.8) is 0 Å². The predicted molar refractivity (Wildman–Crippen MR) is 106 cm³/mol. The zero-order valence-corrected chi connectivity index (χ0v) is 16.5. The summed E-state index contributed by atoms with van der Waals surface area (Å²) in [4.78, 5) is 16.7. The maximum atomic E-state index is 12.3. The van der Waals surface area contributed by atoms with Crippen molar-refractivity contribution >= 4 is 15.9 Å². The Morgan fingerprint density at radius 1 is 1.07 bits per heavy atom. The van der Waals surface area contributed by atoms with Crippen LogP contribution in [-0.2, 0) is 23.6 Å². The fourth-order valence-electron chi connectivity index (χ4n) is 4.65. The molecule has 2 aromatic rings. The lowest BCUT2D eigenvalue weighted by atomic mass is 10.0. The third-order valence-corrected chi connectivity index (χ3v) is 7.37. The molecule has 3 aliphatic heterocycles.